The summed E-state index contributed by atoms with van der Waals surface area (Å²) in [5.41, 5.74) is 3.20. The first-order chi connectivity index (χ1) is 9.24. The highest BCUT2D eigenvalue weighted by atomic mass is 16.1. The van der Waals surface area contributed by atoms with Crippen molar-refractivity contribution in [2.45, 2.75) is 0 Å². The molecule has 0 spiro atoms. The minimum Gasteiger partial charge on any atom is -0.334 e. The molecule has 0 saturated carbocycles. The minimum atomic E-state index is -0.155. The van der Waals surface area contributed by atoms with E-state index in [1.165, 1.54) is 0 Å². The predicted octanol–water partition coefficient (Wildman–Crippen LogP) is 2.22. The van der Waals surface area contributed by atoms with Gasteiger partial charge in [-0.15, -0.1) is 0 Å². The first kappa shape index (κ1) is 11.4. The van der Waals surface area contributed by atoms with Gasteiger partial charge in [0, 0.05) is 30.7 Å². The van der Waals surface area contributed by atoms with Crippen molar-refractivity contribution >= 4 is 22.6 Å². The fourth-order valence-electron chi connectivity index (χ4n) is 1.92. The quantitative estimate of drug-likeness (QED) is 0.760. The molecule has 19 heavy (non-hydrogen) atoms. The van der Waals surface area contributed by atoms with Crippen LogP contribution in [0.25, 0.3) is 11.0 Å². The summed E-state index contributed by atoms with van der Waals surface area (Å²) in [4.78, 5) is 20.1. The van der Waals surface area contributed by atoms with Crippen molar-refractivity contribution in [1.82, 2.24) is 14.5 Å². The zero-order chi connectivity index (χ0) is 13.2. The average Bonchev–Trinajstić information content (AvgIpc) is 2.81. The Balaban J connectivity index is 1.87. The molecule has 0 fully saturated rings. The van der Waals surface area contributed by atoms with E-state index >= 15 is 0 Å². The Morgan fingerprint density at radius 1 is 1.21 bits per heavy atom. The highest BCUT2D eigenvalue weighted by Crippen LogP contribution is 2.17. The molecular weight excluding hydrogens is 240 g/mol. The van der Waals surface area contributed by atoms with Crippen LogP contribution in [0.1, 0.15) is 10.4 Å². The zero-order valence-corrected chi connectivity index (χ0v) is 10.4. The van der Waals surface area contributed by atoms with Gasteiger partial charge in [0.1, 0.15) is 0 Å². The van der Waals surface area contributed by atoms with E-state index in [-0.39, 0.29) is 5.91 Å². The number of imidazole rings is 1. The van der Waals surface area contributed by atoms with Crippen LogP contribution >= 0.6 is 0 Å². The van der Waals surface area contributed by atoms with Crippen LogP contribution in [0.5, 0.6) is 0 Å². The van der Waals surface area contributed by atoms with E-state index in [0.29, 0.717) is 5.56 Å². The number of fused-ring (bicyclic) bond motifs is 1. The van der Waals surface area contributed by atoms with Gasteiger partial charge >= 0.3 is 0 Å². The van der Waals surface area contributed by atoms with Gasteiger partial charge in [-0.25, -0.2) is 4.98 Å². The van der Waals surface area contributed by atoms with Crippen LogP contribution in [-0.2, 0) is 7.05 Å². The van der Waals surface area contributed by atoms with E-state index in [4.69, 9.17) is 0 Å². The Morgan fingerprint density at radius 3 is 2.79 bits per heavy atom. The second kappa shape index (κ2) is 4.53. The molecule has 0 bridgehead atoms. The molecule has 94 valence electrons. The molecule has 0 atom stereocenters. The van der Waals surface area contributed by atoms with Crippen molar-refractivity contribution in [3.63, 3.8) is 0 Å². The van der Waals surface area contributed by atoms with E-state index in [1.807, 2.05) is 29.8 Å². The third-order valence-corrected chi connectivity index (χ3v) is 2.93. The lowest BCUT2D eigenvalue weighted by molar-refractivity contribution is 0.102. The molecule has 5 heteroatoms. The standard InChI is InChI=1S/C14H12N4O/c1-18-9-16-12-8-11(2-3-13(12)18)17-14(19)10-4-6-15-7-5-10/h2-9H,1H3,(H,17,19). The van der Waals surface area contributed by atoms with Crippen molar-refractivity contribution in [3.05, 3.63) is 54.6 Å². The lowest BCUT2D eigenvalue weighted by Crippen LogP contribution is -2.11. The summed E-state index contributed by atoms with van der Waals surface area (Å²) in [7, 11) is 1.94. The van der Waals surface area contributed by atoms with Crippen LogP contribution in [-0.4, -0.2) is 20.4 Å². The van der Waals surface area contributed by atoms with Gasteiger partial charge in [-0.05, 0) is 30.3 Å². The summed E-state index contributed by atoms with van der Waals surface area (Å²) in [6.07, 6.45) is 4.94. The molecule has 0 aliphatic rings. The molecule has 2 heterocycles. The number of aromatic nitrogens is 3. The predicted molar refractivity (Wildman–Crippen MR) is 72.9 cm³/mol. The number of pyridine rings is 1. The number of hydrogen-bond acceptors (Lipinski definition) is 3. The summed E-state index contributed by atoms with van der Waals surface area (Å²) in [5, 5.41) is 2.84. The van der Waals surface area contributed by atoms with Gasteiger partial charge in [0.05, 0.1) is 17.4 Å². The van der Waals surface area contributed by atoms with Crippen molar-refractivity contribution in [2.24, 2.45) is 7.05 Å². The normalized spacial score (nSPS) is 10.6. The first-order valence-corrected chi connectivity index (χ1v) is 5.86. The van der Waals surface area contributed by atoms with Crippen molar-refractivity contribution < 1.29 is 4.79 Å². The Hall–Kier alpha value is -2.69. The summed E-state index contributed by atoms with van der Waals surface area (Å²) >= 11 is 0. The molecule has 2 aromatic heterocycles. The molecule has 3 aromatic rings. The number of rotatable bonds is 2. The Bertz CT molecular complexity index is 734. The molecule has 0 radical (unpaired) electrons. The van der Waals surface area contributed by atoms with Crippen LogP contribution in [0.2, 0.25) is 0 Å². The molecule has 1 amide bonds. The number of carbonyl (C=O) groups excluding carboxylic acids is 1. The number of amides is 1. The number of aryl methyl sites for hydroxylation is 1. The van der Waals surface area contributed by atoms with E-state index in [0.717, 1.165) is 16.7 Å². The van der Waals surface area contributed by atoms with Crippen LogP contribution in [0.15, 0.2) is 49.1 Å². The van der Waals surface area contributed by atoms with Crippen molar-refractivity contribution in [2.75, 3.05) is 5.32 Å². The maximum atomic E-state index is 12.0. The lowest BCUT2D eigenvalue weighted by Gasteiger charge is -2.05. The SMILES string of the molecule is Cn1cnc2cc(NC(=O)c3ccncc3)ccc21. The maximum Gasteiger partial charge on any atom is 0.255 e. The minimum absolute atomic E-state index is 0.155. The van der Waals surface area contributed by atoms with Gasteiger partial charge < -0.3 is 9.88 Å². The van der Waals surface area contributed by atoms with E-state index < -0.39 is 0 Å². The van der Waals surface area contributed by atoms with Gasteiger partial charge in [0.25, 0.3) is 5.91 Å². The highest BCUT2D eigenvalue weighted by Gasteiger charge is 2.07. The third-order valence-electron chi connectivity index (χ3n) is 2.93. The Kier molecular flexibility index (Phi) is 2.72. The monoisotopic (exact) mass is 252 g/mol. The molecule has 1 N–H and O–H groups in total. The number of anilines is 1. The fourth-order valence-corrected chi connectivity index (χ4v) is 1.92. The zero-order valence-electron chi connectivity index (χ0n) is 10.4. The molecule has 1 aromatic carbocycles. The molecule has 0 aliphatic carbocycles. The van der Waals surface area contributed by atoms with Crippen molar-refractivity contribution in [1.29, 1.82) is 0 Å². The molecule has 5 nitrogen and oxygen atoms in total. The van der Waals surface area contributed by atoms with Gasteiger partial charge in [-0.1, -0.05) is 0 Å². The largest absolute Gasteiger partial charge is 0.334 e. The van der Waals surface area contributed by atoms with Crippen LogP contribution < -0.4 is 5.32 Å². The second-order valence-corrected chi connectivity index (χ2v) is 4.25. The van der Waals surface area contributed by atoms with Gasteiger partial charge in [-0.2, -0.15) is 0 Å². The summed E-state index contributed by atoms with van der Waals surface area (Å²) < 4.78 is 1.93. The van der Waals surface area contributed by atoms with Crippen LogP contribution in [0.3, 0.4) is 0 Å². The summed E-state index contributed by atoms with van der Waals surface area (Å²) in [5.74, 6) is -0.155. The molecule has 0 saturated heterocycles. The molecule has 0 unspecified atom stereocenters. The average molecular weight is 252 g/mol. The van der Waals surface area contributed by atoms with Gasteiger partial charge in [0.2, 0.25) is 0 Å². The second-order valence-electron chi connectivity index (χ2n) is 4.25. The Labute approximate surface area is 109 Å². The number of hydrogen-bond donors (Lipinski definition) is 1. The maximum absolute atomic E-state index is 12.0. The number of nitrogens with zero attached hydrogens (tertiary/aromatic N) is 3. The molecule has 3 rings (SSSR count). The fraction of sp³-hybridized carbons (Fsp3) is 0.0714. The Morgan fingerprint density at radius 2 is 2.00 bits per heavy atom. The molecule has 0 aliphatic heterocycles. The van der Waals surface area contributed by atoms with Crippen molar-refractivity contribution in [3.8, 4) is 0 Å². The number of nitrogens with one attached hydrogen (secondary N) is 1. The first-order valence-electron chi connectivity index (χ1n) is 5.86. The van der Waals surface area contributed by atoms with Crippen LogP contribution in [0, 0.1) is 0 Å². The van der Waals surface area contributed by atoms with E-state index in [2.05, 4.69) is 15.3 Å². The van der Waals surface area contributed by atoms with E-state index in [1.54, 1.807) is 30.9 Å². The van der Waals surface area contributed by atoms with E-state index in [9.17, 15) is 4.79 Å². The third kappa shape index (κ3) is 2.18. The van der Waals surface area contributed by atoms with Gasteiger partial charge in [0.15, 0.2) is 0 Å². The number of benzene rings is 1. The number of carbonyl (C=O) groups is 1. The van der Waals surface area contributed by atoms with Gasteiger partial charge in [-0.3, -0.25) is 9.78 Å². The smallest absolute Gasteiger partial charge is 0.255 e. The lowest BCUT2D eigenvalue weighted by atomic mass is 10.2. The highest BCUT2D eigenvalue weighted by molar-refractivity contribution is 6.04. The summed E-state index contributed by atoms with van der Waals surface area (Å²) in [6, 6.07) is 9.01. The summed E-state index contributed by atoms with van der Waals surface area (Å²) in [6.45, 7) is 0. The molecular formula is C14H12N4O. The topological polar surface area (TPSA) is 59.8 Å². The van der Waals surface area contributed by atoms with Crippen LogP contribution in [0.4, 0.5) is 5.69 Å².